The number of rotatable bonds is 13. The van der Waals surface area contributed by atoms with E-state index in [9.17, 15) is 19.5 Å². The van der Waals surface area contributed by atoms with Gasteiger partial charge in [0.25, 0.3) is 0 Å². The Labute approximate surface area is 204 Å². The molecule has 0 saturated carbocycles. The van der Waals surface area contributed by atoms with Crippen LogP contribution < -0.4 is 10.6 Å². The largest absolute Gasteiger partial charge is 0.508 e. The number of nitrogens with zero attached hydrogens (tertiary/aromatic N) is 1. The summed E-state index contributed by atoms with van der Waals surface area (Å²) in [6.45, 7) is 11.4. The van der Waals surface area contributed by atoms with Gasteiger partial charge in [0.15, 0.2) is 0 Å². The molecule has 0 saturated heterocycles. The van der Waals surface area contributed by atoms with E-state index in [0.717, 1.165) is 38.5 Å². The van der Waals surface area contributed by atoms with Gasteiger partial charge in [0.05, 0.1) is 0 Å². The number of hydrogen-bond donors (Lipinski definition) is 3. The van der Waals surface area contributed by atoms with Crippen LogP contribution in [-0.4, -0.2) is 52.6 Å². The first-order valence-corrected chi connectivity index (χ1v) is 12.3. The summed E-state index contributed by atoms with van der Waals surface area (Å²) in [5.74, 6) is -0.691. The average molecular weight is 478 g/mol. The molecule has 8 nitrogen and oxygen atoms in total. The van der Waals surface area contributed by atoms with E-state index in [-0.39, 0.29) is 24.2 Å². The molecule has 0 heterocycles. The SMILES string of the molecule is CCCCCCN(C(=O)CNC(=O)OC(C)(C)C)C(C(=O)NC(C)CCC)c1cccc(O)c1. The molecular weight excluding hydrogens is 434 g/mol. The number of carbonyl (C=O) groups excluding carboxylic acids is 3. The van der Waals surface area contributed by atoms with E-state index in [4.69, 9.17) is 4.74 Å². The minimum absolute atomic E-state index is 0.0159. The Morgan fingerprint density at radius 3 is 2.38 bits per heavy atom. The lowest BCUT2D eigenvalue weighted by Crippen LogP contribution is -2.49. The van der Waals surface area contributed by atoms with Gasteiger partial charge in [-0.3, -0.25) is 9.59 Å². The summed E-state index contributed by atoms with van der Waals surface area (Å²) < 4.78 is 5.24. The maximum absolute atomic E-state index is 13.4. The van der Waals surface area contributed by atoms with Gasteiger partial charge in [-0.2, -0.15) is 0 Å². The first kappa shape index (κ1) is 29.3. The van der Waals surface area contributed by atoms with Crippen LogP contribution in [0.15, 0.2) is 24.3 Å². The van der Waals surface area contributed by atoms with Gasteiger partial charge in [0.1, 0.15) is 23.9 Å². The van der Waals surface area contributed by atoms with Crippen LogP contribution in [0.1, 0.15) is 91.7 Å². The molecule has 1 rings (SSSR count). The monoisotopic (exact) mass is 477 g/mol. The van der Waals surface area contributed by atoms with Gasteiger partial charge in [-0.15, -0.1) is 0 Å². The molecule has 3 amide bonds. The topological polar surface area (TPSA) is 108 Å². The summed E-state index contributed by atoms with van der Waals surface area (Å²) in [6, 6.07) is 5.41. The summed E-state index contributed by atoms with van der Waals surface area (Å²) in [5.41, 5.74) is -0.172. The second-order valence-corrected chi connectivity index (χ2v) is 9.70. The van der Waals surface area contributed by atoms with Crippen molar-refractivity contribution in [3.63, 3.8) is 0 Å². The van der Waals surface area contributed by atoms with Crippen LogP contribution in [0.4, 0.5) is 4.79 Å². The molecule has 0 spiro atoms. The number of unbranched alkanes of at least 4 members (excludes halogenated alkanes) is 3. The van der Waals surface area contributed by atoms with Crippen molar-refractivity contribution in [3.8, 4) is 5.75 Å². The number of ether oxygens (including phenoxy) is 1. The van der Waals surface area contributed by atoms with Crippen LogP contribution in [0.3, 0.4) is 0 Å². The number of aromatic hydroxyl groups is 1. The fourth-order valence-corrected chi connectivity index (χ4v) is 3.66. The van der Waals surface area contributed by atoms with E-state index in [1.807, 2.05) is 13.8 Å². The normalized spacial score (nSPS) is 13.0. The summed E-state index contributed by atoms with van der Waals surface area (Å²) in [4.78, 5) is 40.3. The number of carbonyl (C=O) groups is 3. The zero-order chi connectivity index (χ0) is 25.7. The molecule has 0 aromatic heterocycles. The van der Waals surface area contributed by atoms with Crippen LogP contribution in [0.5, 0.6) is 5.75 Å². The Hall–Kier alpha value is -2.77. The van der Waals surface area contributed by atoms with Crippen LogP contribution >= 0.6 is 0 Å². The van der Waals surface area contributed by atoms with Gasteiger partial charge in [-0.25, -0.2) is 4.79 Å². The van der Waals surface area contributed by atoms with Crippen molar-refractivity contribution in [3.05, 3.63) is 29.8 Å². The highest BCUT2D eigenvalue weighted by molar-refractivity contribution is 5.90. The Kier molecular flexibility index (Phi) is 12.5. The minimum atomic E-state index is -0.930. The first-order valence-electron chi connectivity index (χ1n) is 12.3. The molecule has 3 N–H and O–H groups in total. The lowest BCUT2D eigenvalue weighted by atomic mass is 10.0. The van der Waals surface area contributed by atoms with Gasteiger partial charge >= 0.3 is 6.09 Å². The van der Waals surface area contributed by atoms with E-state index in [2.05, 4.69) is 17.6 Å². The second kappa shape index (κ2) is 14.5. The van der Waals surface area contributed by atoms with Gasteiger partial charge in [-0.05, 0) is 58.2 Å². The number of alkyl carbamates (subject to hydrolysis) is 1. The molecule has 1 aromatic carbocycles. The molecule has 1 aromatic rings. The Morgan fingerprint density at radius 2 is 1.79 bits per heavy atom. The van der Waals surface area contributed by atoms with Crippen LogP contribution in [0, 0.1) is 0 Å². The summed E-state index contributed by atoms with van der Waals surface area (Å²) in [5, 5.41) is 15.6. The number of phenolic OH excluding ortho intramolecular Hbond substituents is 1. The number of amides is 3. The lowest BCUT2D eigenvalue weighted by Gasteiger charge is -2.32. The fraction of sp³-hybridized carbons (Fsp3) is 0.654. The third kappa shape index (κ3) is 10.9. The number of nitrogens with one attached hydrogen (secondary N) is 2. The third-order valence-electron chi connectivity index (χ3n) is 5.21. The van der Waals surface area contributed by atoms with E-state index < -0.39 is 23.6 Å². The molecule has 0 aliphatic heterocycles. The van der Waals surface area contributed by atoms with Gasteiger partial charge in [0.2, 0.25) is 11.8 Å². The molecule has 0 fully saturated rings. The van der Waals surface area contributed by atoms with Crippen LogP contribution in [-0.2, 0) is 14.3 Å². The van der Waals surface area contributed by atoms with Gasteiger partial charge in [0, 0.05) is 12.6 Å². The molecule has 0 bridgehead atoms. The Balaban J connectivity index is 3.19. The highest BCUT2D eigenvalue weighted by Crippen LogP contribution is 2.26. The zero-order valence-electron chi connectivity index (χ0n) is 21.6. The predicted octanol–water partition coefficient (Wildman–Crippen LogP) is 4.67. The molecule has 34 heavy (non-hydrogen) atoms. The third-order valence-corrected chi connectivity index (χ3v) is 5.21. The molecule has 2 atom stereocenters. The van der Waals surface area contributed by atoms with Crippen molar-refractivity contribution in [2.75, 3.05) is 13.1 Å². The highest BCUT2D eigenvalue weighted by Gasteiger charge is 2.32. The van der Waals surface area contributed by atoms with Crippen molar-refractivity contribution in [1.82, 2.24) is 15.5 Å². The van der Waals surface area contributed by atoms with Crippen molar-refractivity contribution in [2.24, 2.45) is 0 Å². The minimum Gasteiger partial charge on any atom is -0.508 e. The van der Waals surface area contributed by atoms with Crippen molar-refractivity contribution in [1.29, 1.82) is 0 Å². The van der Waals surface area contributed by atoms with Crippen molar-refractivity contribution >= 4 is 17.9 Å². The lowest BCUT2D eigenvalue weighted by molar-refractivity contribution is -0.140. The first-order chi connectivity index (χ1) is 16.0. The maximum Gasteiger partial charge on any atom is 0.408 e. The second-order valence-electron chi connectivity index (χ2n) is 9.70. The summed E-state index contributed by atoms with van der Waals surface area (Å²) in [6.07, 6.45) is 4.73. The van der Waals surface area contributed by atoms with E-state index in [1.54, 1.807) is 32.9 Å². The molecule has 0 aliphatic carbocycles. The van der Waals surface area contributed by atoms with Crippen molar-refractivity contribution < 1.29 is 24.2 Å². The maximum atomic E-state index is 13.4. The van der Waals surface area contributed by atoms with E-state index in [1.165, 1.54) is 17.0 Å². The fourth-order valence-electron chi connectivity index (χ4n) is 3.66. The summed E-state index contributed by atoms with van der Waals surface area (Å²) >= 11 is 0. The average Bonchev–Trinajstić information content (AvgIpc) is 2.73. The van der Waals surface area contributed by atoms with Crippen LogP contribution in [0.25, 0.3) is 0 Å². The smallest absolute Gasteiger partial charge is 0.408 e. The molecule has 8 heteroatoms. The molecule has 192 valence electrons. The number of hydrogen-bond acceptors (Lipinski definition) is 5. The van der Waals surface area contributed by atoms with Gasteiger partial charge < -0.3 is 25.4 Å². The van der Waals surface area contributed by atoms with E-state index in [0.29, 0.717) is 12.1 Å². The van der Waals surface area contributed by atoms with Gasteiger partial charge in [-0.1, -0.05) is 51.7 Å². The Bertz CT molecular complexity index is 791. The molecular formula is C26H43N3O5. The van der Waals surface area contributed by atoms with Crippen LogP contribution in [0.2, 0.25) is 0 Å². The number of phenols is 1. The standard InChI is InChI=1S/C26H43N3O5/c1-7-9-10-11-16-29(22(31)18-27-25(33)34-26(4,5)6)23(20-14-12-15-21(30)17-20)24(32)28-19(3)13-8-2/h12,14-15,17,19,23,30H,7-11,13,16,18H2,1-6H3,(H,27,33)(H,28,32). The highest BCUT2D eigenvalue weighted by atomic mass is 16.6. The summed E-state index contributed by atoms with van der Waals surface area (Å²) in [7, 11) is 0. The molecule has 0 aliphatic rings. The Morgan fingerprint density at radius 1 is 1.09 bits per heavy atom. The van der Waals surface area contributed by atoms with E-state index >= 15 is 0 Å². The predicted molar refractivity (Wildman–Crippen MR) is 133 cm³/mol. The molecule has 2 unspecified atom stereocenters. The zero-order valence-corrected chi connectivity index (χ0v) is 21.6. The van der Waals surface area contributed by atoms with Crippen molar-refractivity contribution in [2.45, 2.75) is 97.8 Å². The number of benzene rings is 1. The quantitative estimate of drug-likeness (QED) is 0.358. The molecule has 0 radical (unpaired) electrons.